The normalized spacial score (nSPS) is 8.40. The van der Waals surface area contributed by atoms with Crippen LogP contribution in [0.25, 0.3) is 0 Å². The minimum absolute atomic E-state index is 0.0114. The molecule has 1 rings (SSSR count). The summed E-state index contributed by atoms with van der Waals surface area (Å²) in [4.78, 5) is 3.82. The third-order valence-corrected chi connectivity index (χ3v) is 1.14. The Bertz CT molecular complexity index is 267. The Labute approximate surface area is 60.2 Å². The van der Waals surface area contributed by atoms with Gasteiger partial charge in [-0.2, -0.15) is 0 Å². The number of pyridine rings is 1. The molecule has 48 valence electrons. The second-order valence-electron chi connectivity index (χ2n) is 1.88. The van der Waals surface area contributed by atoms with Gasteiger partial charge in [0.15, 0.2) is 0 Å². The molecule has 10 heavy (non-hydrogen) atoms. The van der Waals surface area contributed by atoms with Crippen LogP contribution in [0.3, 0.4) is 0 Å². The maximum Gasteiger partial charge on any atom is 0.306 e. The minimum Gasteiger partial charge on any atom is -0.449 e. The third kappa shape index (κ3) is 1.37. The molecule has 0 aliphatic rings. The summed E-state index contributed by atoms with van der Waals surface area (Å²) in [5, 5.41) is 8.65. The second-order valence-corrected chi connectivity index (χ2v) is 1.88. The van der Waals surface area contributed by atoms with Crippen LogP contribution in [0, 0.1) is 12.3 Å². The summed E-state index contributed by atoms with van der Waals surface area (Å²) >= 11 is 0. The first-order valence-corrected chi connectivity index (χ1v) is 2.88. The fourth-order valence-electron chi connectivity index (χ4n) is 0.653. The highest BCUT2D eigenvalue weighted by Crippen LogP contribution is 1.87. The van der Waals surface area contributed by atoms with E-state index in [0.29, 0.717) is 5.56 Å². The molecule has 0 radical (unpaired) electrons. The molecule has 0 saturated carbocycles. The molecule has 0 aliphatic carbocycles. The molecule has 1 aromatic heterocycles. The summed E-state index contributed by atoms with van der Waals surface area (Å²) in [5.74, 6) is 2.43. The molecule has 0 atom stereocenters. The highest BCUT2D eigenvalue weighted by Gasteiger charge is 1.92. The van der Waals surface area contributed by atoms with Crippen molar-refractivity contribution < 1.29 is 5.02 Å². The van der Waals surface area contributed by atoms with Crippen molar-refractivity contribution in [3.63, 3.8) is 0 Å². The van der Waals surface area contributed by atoms with Gasteiger partial charge in [-0.25, -0.2) is 0 Å². The van der Waals surface area contributed by atoms with Crippen LogP contribution in [0.15, 0.2) is 18.5 Å². The average molecular weight is 131 g/mol. The maximum absolute atomic E-state index is 8.65. The summed E-state index contributed by atoms with van der Waals surface area (Å²) in [5.41, 5.74) is 1.45. The number of hydrogen-bond donors (Lipinski definition) is 1. The van der Waals surface area contributed by atoms with Crippen molar-refractivity contribution in [2.45, 2.75) is 0 Å². The van der Waals surface area contributed by atoms with Crippen LogP contribution in [0.5, 0.6) is 0 Å². The molecule has 3 heteroatoms. The van der Waals surface area contributed by atoms with Gasteiger partial charge in [0.2, 0.25) is 0 Å². The van der Waals surface area contributed by atoms with Crippen molar-refractivity contribution in [2.75, 3.05) is 0 Å². The summed E-state index contributed by atoms with van der Waals surface area (Å²) < 4.78 is 0. The van der Waals surface area contributed by atoms with Gasteiger partial charge < -0.3 is 5.02 Å². The van der Waals surface area contributed by atoms with E-state index in [1.807, 2.05) is 0 Å². The van der Waals surface area contributed by atoms with Gasteiger partial charge in [0, 0.05) is 18.0 Å². The van der Waals surface area contributed by atoms with Gasteiger partial charge in [-0.15, -0.1) is 6.42 Å². The fraction of sp³-hybridized carbons (Fsp3) is 0. The van der Waals surface area contributed by atoms with E-state index in [9.17, 15) is 0 Å². The van der Waals surface area contributed by atoms with Crippen molar-refractivity contribution in [1.29, 1.82) is 0 Å². The number of hydrogen-bond acceptors (Lipinski definition) is 2. The van der Waals surface area contributed by atoms with Crippen molar-refractivity contribution in [2.24, 2.45) is 0 Å². The topological polar surface area (TPSA) is 33.1 Å². The Morgan fingerprint density at radius 2 is 2.40 bits per heavy atom. The molecule has 0 bridgehead atoms. The molecule has 0 fully saturated rings. The number of terminal acetylenes is 1. The lowest BCUT2D eigenvalue weighted by molar-refractivity contribution is 0.615. The predicted octanol–water partition coefficient (Wildman–Crippen LogP) is -0.968. The maximum atomic E-state index is 8.65. The van der Waals surface area contributed by atoms with Crippen molar-refractivity contribution in [1.82, 2.24) is 4.98 Å². The van der Waals surface area contributed by atoms with Crippen molar-refractivity contribution in [3.8, 4) is 12.3 Å². The van der Waals surface area contributed by atoms with E-state index in [0.717, 1.165) is 5.46 Å². The smallest absolute Gasteiger partial charge is 0.306 e. The van der Waals surface area contributed by atoms with Crippen molar-refractivity contribution >= 4 is 12.9 Å². The lowest BCUT2D eigenvalue weighted by atomic mass is 9.90. The summed E-state index contributed by atoms with van der Waals surface area (Å²) in [6, 6.07) is 1.73. The van der Waals surface area contributed by atoms with E-state index in [-0.39, 0.29) is 7.48 Å². The quantitative estimate of drug-likeness (QED) is 0.393. The van der Waals surface area contributed by atoms with Gasteiger partial charge >= 0.3 is 7.48 Å². The predicted molar refractivity (Wildman–Crippen MR) is 41.2 cm³/mol. The number of nitrogens with zero attached hydrogens (tertiary/aromatic N) is 1. The first-order valence-electron chi connectivity index (χ1n) is 2.88. The molecule has 1 aromatic rings. The SMILES string of the molecule is C#Cc1cncc(BO)c1. The first-order chi connectivity index (χ1) is 4.86. The molecule has 0 aromatic carbocycles. The Morgan fingerprint density at radius 3 is 3.00 bits per heavy atom. The molecule has 1 heterocycles. The Hall–Kier alpha value is -1.27. The average Bonchev–Trinajstić information content (AvgIpc) is 2.05. The highest BCUT2D eigenvalue weighted by atomic mass is 16.2. The van der Waals surface area contributed by atoms with Crippen molar-refractivity contribution in [3.05, 3.63) is 24.0 Å². The zero-order valence-electron chi connectivity index (χ0n) is 5.41. The molecule has 0 amide bonds. The van der Waals surface area contributed by atoms with E-state index in [1.54, 1.807) is 18.5 Å². The molecule has 0 aliphatic heterocycles. The van der Waals surface area contributed by atoms with Crippen LogP contribution in [-0.4, -0.2) is 17.5 Å². The zero-order chi connectivity index (χ0) is 7.40. The van der Waals surface area contributed by atoms with Crippen LogP contribution in [0.4, 0.5) is 0 Å². The Balaban J connectivity index is 3.01. The molecule has 0 spiro atoms. The van der Waals surface area contributed by atoms with E-state index in [4.69, 9.17) is 11.4 Å². The zero-order valence-corrected chi connectivity index (χ0v) is 5.41. The first kappa shape index (κ1) is 6.85. The molecule has 0 unspecified atom stereocenters. The van der Waals surface area contributed by atoms with Crippen LogP contribution in [0.1, 0.15) is 5.56 Å². The van der Waals surface area contributed by atoms with Gasteiger partial charge in [0.1, 0.15) is 0 Å². The summed E-state index contributed by atoms with van der Waals surface area (Å²) in [7, 11) is -0.0114. The largest absolute Gasteiger partial charge is 0.449 e. The number of aromatic nitrogens is 1. The Morgan fingerprint density at radius 1 is 1.60 bits per heavy atom. The summed E-state index contributed by atoms with van der Waals surface area (Å²) in [6.07, 6.45) is 8.27. The van der Waals surface area contributed by atoms with Crippen LogP contribution in [0.2, 0.25) is 0 Å². The fourth-order valence-corrected chi connectivity index (χ4v) is 0.653. The molecule has 1 N–H and O–H groups in total. The molecule has 2 nitrogen and oxygen atoms in total. The Kier molecular flexibility index (Phi) is 2.09. The highest BCUT2D eigenvalue weighted by molar-refractivity contribution is 6.45. The van der Waals surface area contributed by atoms with E-state index in [2.05, 4.69) is 10.9 Å². The van der Waals surface area contributed by atoms with Gasteiger partial charge in [-0.3, -0.25) is 4.98 Å². The van der Waals surface area contributed by atoms with E-state index >= 15 is 0 Å². The summed E-state index contributed by atoms with van der Waals surface area (Å²) in [6.45, 7) is 0. The molecular formula is C7H6BNO. The second kappa shape index (κ2) is 3.04. The van der Waals surface area contributed by atoms with E-state index < -0.39 is 0 Å². The number of rotatable bonds is 1. The van der Waals surface area contributed by atoms with Gasteiger partial charge in [-0.05, 0) is 11.5 Å². The van der Waals surface area contributed by atoms with Crippen LogP contribution >= 0.6 is 0 Å². The lowest BCUT2D eigenvalue weighted by Crippen LogP contribution is -2.13. The van der Waals surface area contributed by atoms with Gasteiger partial charge in [0.05, 0.1) is 0 Å². The van der Waals surface area contributed by atoms with Gasteiger partial charge in [0.25, 0.3) is 0 Å². The third-order valence-electron chi connectivity index (χ3n) is 1.14. The van der Waals surface area contributed by atoms with Gasteiger partial charge in [-0.1, -0.05) is 5.92 Å². The molecular weight excluding hydrogens is 125 g/mol. The molecule has 0 saturated heterocycles. The van der Waals surface area contributed by atoms with Crippen LogP contribution < -0.4 is 5.46 Å². The minimum atomic E-state index is -0.0114. The lowest BCUT2D eigenvalue weighted by Gasteiger charge is -1.92. The van der Waals surface area contributed by atoms with Crippen LogP contribution in [-0.2, 0) is 0 Å². The monoisotopic (exact) mass is 131 g/mol. The van der Waals surface area contributed by atoms with E-state index in [1.165, 1.54) is 0 Å². The standard InChI is InChI=1S/C7H6BNO/c1-2-6-3-7(8-10)5-9-4-6/h1,3-5,8,10H.